The van der Waals surface area contributed by atoms with Crippen molar-refractivity contribution in [1.82, 2.24) is 5.32 Å². The van der Waals surface area contributed by atoms with Gasteiger partial charge in [-0.05, 0) is 56.6 Å². The molecule has 0 aromatic rings. The highest BCUT2D eigenvalue weighted by Crippen LogP contribution is 2.05. The summed E-state index contributed by atoms with van der Waals surface area (Å²) in [5.74, 6) is 3.10. The molecule has 0 spiro atoms. The first-order chi connectivity index (χ1) is 9.16. The maximum atomic E-state index is 8.65. The highest BCUT2D eigenvalue weighted by molar-refractivity contribution is 7.99. The third-order valence-corrected chi connectivity index (χ3v) is 3.87. The lowest BCUT2D eigenvalue weighted by atomic mass is 10.1. The van der Waals surface area contributed by atoms with E-state index in [1.165, 1.54) is 23.6 Å². The summed E-state index contributed by atoms with van der Waals surface area (Å²) in [5, 5.41) is 12.1. The molecule has 0 amide bonds. The molecule has 19 heavy (non-hydrogen) atoms. The molecule has 0 saturated heterocycles. The minimum Gasteiger partial charge on any atom is -0.396 e. The van der Waals surface area contributed by atoms with E-state index in [9.17, 15) is 0 Å². The van der Waals surface area contributed by atoms with Gasteiger partial charge in [0.25, 0.3) is 0 Å². The first-order valence-corrected chi connectivity index (χ1v) is 8.71. The fourth-order valence-electron chi connectivity index (χ4n) is 1.82. The van der Waals surface area contributed by atoms with Gasteiger partial charge >= 0.3 is 0 Å². The molecule has 0 atom stereocenters. The van der Waals surface area contributed by atoms with Crippen LogP contribution < -0.4 is 5.32 Å². The van der Waals surface area contributed by atoms with Gasteiger partial charge in [0.1, 0.15) is 0 Å². The predicted octanol–water partition coefficient (Wildman–Crippen LogP) is 2.98. The van der Waals surface area contributed by atoms with Gasteiger partial charge < -0.3 is 10.4 Å². The summed E-state index contributed by atoms with van der Waals surface area (Å²) in [5.41, 5.74) is 1.27. The second-order valence-electron chi connectivity index (χ2n) is 5.36. The number of nitrogens with one attached hydrogen (secondary N) is 1. The van der Waals surface area contributed by atoms with Crippen molar-refractivity contribution in [2.45, 2.75) is 46.5 Å². The second kappa shape index (κ2) is 14.4. The minimum absolute atomic E-state index is 0.332. The van der Waals surface area contributed by atoms with Crippen LogP contribution in [0.4, 0.5) is 0 Å². The number of hydrogen-bond acceptors (Lipinski definition) is 4. The first kappa shape index (κ1) is 18.9. The van der Waals surface area contributed by atoms with E-state index in [0.717, 1.165) is 38.9 Å². The Balaban J connectivity index is 3.18. The number of hydrogen-bond donors (Lipinski definition) is 2. The molecule has 0 aliphatic rings. The summed E-state index contributed by atoms with van der Waals surface area (Å²) in [6.45, 7) is 9.91. The van der Waals surface area contributed by atoms with Crippen LogP contribution in [0.15, 0.2) is 4.99 Å². The van der Waals surface area contributed by atoms with Crippen LogP contribution in [-0.4, -0.2) is 48.6 Å². The third kappa shape index (κ3) is 15.9. The third-order valence-electron chi connectivity index (χ3n) is 2.71. The van der Waals surface area contributed by atoms with Gasteiger partial charge in [-0.15, -0.1) is 0 Å². The van der Waals surface area contributed by atoms with Crippen molar-refractivity contribution in [2.75, 3.05) is 37.7 Å². The highest BCUT2D eigenvalue weighted by Gasteiger charge is 1.96. The van der Waals surface area contributed by atoms with Crippen LogP contribution in [0.2, 0.25) is 0 Å². The fourth-order valence-corrected chi connectivity index (χ4v) is 2.78. The summed E-state index contributed by atoms with van der Waals surface area (Å²) in [4.78, 5) is 4.56. The van der Waals surface area contributed by atoms with Gasteiger partial charge in [0.15, 0.2) is 0 Å². The molecule has 0 heterocycles. The molecule has 3 nitrogen and oxygen atoms in total. The van der Waals surface area contributed by atoms with Crippen LogP contribution in [0.1, 0.15) is 46.5 Å². The first-order valence-electron chi connectivity index (χ1n) is 7.56. The smallest absolute Gasteiger partial charge is 0.0513 e. The molecule has 0 fully saturated rings. The zero-order chi connectivity index (χ0) is 14.3. The van der Waals surface area contributed by atoms with E-state index in [1.807, 2.05) is 11.8 Å². The van der Waals surface area contributed by atoms with Gasteiger partial charge in [-0.2, -0.15) is 11.8 Å². The molecule has 114 valence electrons. The SMILES string of the molecule is CC(CC(C)C)=NCCNCCCSCCCCO. The average Bonchev–Trinajstić information content (AvgIpc) is 2.35. The number of aliphatic imine (C=N–C) groups is 1. The van der Waals surface area contributed by atoms with Crippen LogP contribution in [0.5, 0.6) is 0 Å². The van der Waals surface area contributed by atoms with Crippen molar-refractivity contribution in [3.05, 3.63) is 0 Å². The zero-order valence-corrected chi connectivity index (χ0v) is 13.8. The summed E-state index contributed by atoms with van der Waals surface area (Å²) in [6, 6.07) is 0. The molecule has 0 bridgehead atoms. The van der Waals surface area contributed by atoms with Crippen molar-refractivity contribution >= 4 is 17.5 Å². The molecule has 4 heteroatoms. The van der Waals surface area contributed by atoms with E-state index in [1.54, 1.807) is 0 Å². The molecule has 0 aliphatic carbocycles. The Hall–Kier alpha value is -0.0600. The average molecular weight is 289 g/mol. The minimum atomic E-state index is 0.332. The van der Waals surface area contributed by atoms with Crippen molar-refractivity contribution in [1.29, 1.82) is 0 Å². The molecular formula is C15H32N2OS. The Kier molecular flexibility index (Phi) is 14.3. The molecule has 0 rings (SSSR count). The lowest BCUT2D eigenvalue weighted by Crippen LogP contribution is -2.20. The fraction of sp³-hybridized carbons (Fsp3) is 0.933. The highest BCUT2D eigenvalue weighted by atomic mass is 32.2. The van der Waals surface area contributed by atoms with Crippen molar-refractivity contribution < 1.29 is 5.11 Å². The number of unbranched alkanes of at least 4 members (excludes halogenated alkanes) is 1. The van der Waals surface area contributed by atoms with Gasteiger partial charge in [0, 0.05) is 18.9 Å². The van der Waals surface area contributed by atoms with Crippen LogP contribution in [-0.2, 0) is 0 Å². The van der Waals surface area contributed by atoms with E-state index in [4.69, 9.17) is 5.11 Å². The zero-order valence-electron chi connectivity index (χ0n) is 13.0. The molecule has 0 radical (unpaired) electrons. The number of nitrogens with zero attached hydrogens (tertiary/aromatic N) is 1. The number of thioether (sulfide) groups is 1. The van der Waals surface area contributed by atoms with Crippen LogP contribution in [0, 0.1) is 5.92 Å². The maximum absolute atomic E-state index is 8.65. The monoisotopic (exact) mass is 288 g/mol. The summed E-state index contributed by atoms with van der Waals surface area (Å²) >= 11 is 1.99. The topological polar surface area (TPSA) is 44.6 Å². The Bertz CT molecular complexity index is 220. The van der Waals surface area contributed by atoms with E-state index < -0.39 is 0 Å². The van der Waals surface area contributed by atoms with Crippen molar-refractivity contribution in [3.8, 4) is 0 Å². The normalized spacial score (nSPS) is 12.4. The van der Waals surface area contributed by atoms with Crippen molar-refractivity contribution in [2.24, 2.45) is 10.9 Å². The molecular weight excluding hydrogens is 256 g/mol. The number of aliphatic hydroxyl groups excluding tert-OH is 1. The van der Waals surface area contributed by atoms with E-state index >= 15 is 0 Å². The van der Waals surface area contributed by atoms with E-state index in [-0.39, 0.29) is 0 Å². The Morgan fingerprint density at radius 2 is 1.89 bits per heavy atom. The molecule has 0 aromatic heterocycles. The number of rotatable bonds is 13. The van der Waals surface area contributed by atoms with Gasteiger partial charge in [-0.1, -0.05) is 13.8 Å². The summed E-state index contributed by atoms with van der Waals surface area (Å²) < 4.78 is 0. The molecule has 0 aromatic carbocycles. The van der Waals surface area contributed by atoms with Crippen LogP contribution in [0.25, 0.3) is 0 Å². The summed E-state index contributed by atoms with van der Waals surface area (Å²) in [6.07, 6.45) is 4.42. The largest absolute Gasteiger partial charge is 0.396 e. The lowest BCUT2D eigenvalue weighted by molar-refractivity contribution is 0.287. The number of aliphatic hydroxyl groups is 1. The second-order valence-corrected chi connectivity index (χ2v) is 6.59. The quantitative estimate of drug-likeness (QED) is 0.404. The molecule has 0 saturated carbocycles. The van der Waals surface area contributed by atoms with E-state index in [2.05, 4.69) is 31.1 Å². The molecule has 0 aliphatic heterocycles. The predicted molar refractivity (Wildman–Crippen MR) is 88.6 cm³/mol. The Labute approximate surface area is 123 Å². The molecule has 2 N–H and O–H groups in total. The summed E-state index contributed by atoms with van der Waals surface area (Å²) in [7, 11) is 0. The maximum Gasteiger partial charge on any atom is 0.0513 e. The van der Waals surface area contributed by atoms with Crippen molar-refractivity contribution in [3.63, 3.8) is 0 Å². The van der Waals surface area contributed by atoms with E-state index in [0.29, 0.717) is 12.5 Å². The van der Waals surface area contributed by atoms with Gasteiger partial charge in [-0.25, -0.2) is 0 Å². The van der Waals surface area contributed by atoms with Gasteiger partial charge in [0.05, 0.1) is 6.54 Å². The van der Waals surface area contributed by atoms with Crippen LogP contribution in [0.3, 0.4) is 0 Å². The van der Waals surface area contributed by atoms with Gasteiger partial charge in [0.2, 0.25) is 0 Å². The van der Waals surface area contributed by atoms with Gasteiger partial charge in [-0.3, -0.25) is 4.99 Å². The lowest BCUT2D eigenvalue weighted by Gasteiger charge is -2.05. The standard InChI is InChI=1S/C15H32N2OS/c1-14(2)13-15(3)17-9-8-16-7-6-12-19-11-5-4-10-18/h14,16,18H,4-13H2,1-3H3. The van der Waals surface area contributed by atoms with Crippen LogP contribution >= 0.6 is 11.8 Å². The Morgan fingerprint density at radius 1 is 1.16 bits per heavy atom. The Morgan fingerprint density at radius 3 is 2.58 bits per heavy atom. The molecule has 0 unspecified atom stereocenters.